The average Bonchev–Trinajstić information content (AvgIpc) is 2.89. The highest BCUT2D eigenvalue weighted by atomic mass is 16.1. The van der Waals surface area contributed by atoms with Gasteiger partial charge < -0.3 is 5.73 Å². The second-order valence-electron chi connectivity index (χ2n) is 5.11. The Morgan fingerprint density at radius 2 is 2.05 bits per heavy atom. The normalized spacial score (nSPS) is 13.8. The summed E-state index contributed by atoms with van der Waals surface area (Å²) in [5.74, 6) is -0.361. The van der Waals surface area contributed by atoms with Crippen molar-refractivity contribution in [2.24, 2.45) is 5.73 Å². The van der Waals surface area contributed by atoms with Gasteiger partial charge in [0, 0.05) is 18.4 Å². The second-order valence-corrected chi connectivity index (χ2v) is 5.11. The SMILES string of the molecule is CCNC(CCn1nccc1C)(C(N)=O)c1ccccc1. The van der Waals surface area contributed by atoms with Crippen molar-refractivity contribution < 1.29 is 4.79 Å². The number of carbonyl (C=O) groups is 1. The number of hydrogen-bond acceptors (Lipinski definition) is 3. The lowest BCUT2D eigenvalue weighted by Gasteiger charge is -2.32. The summed E-state index contributed by atoms with van der Waals surface area (Å²) in [6.07, 6.45) is 2.32. The Hall–Kier alpha value is -2.14. The molecule has 1 aromatic carbocycles. The molecule has 3 N–H and O–H groups in total. The number of amides is 1. The fourth-order valence-electron chi connectivity index (χ4n) is 2.62. The predicted octanol–water partition coefficient (Wildman–Crippen LogP) is 1.57. The third kappa shape index (κ3) is 3.13. The third-order valence-corrected chi connectivity index (χ3v) is 3.79. The first-order chi connectivity index (χ1) is 10.1. The minimum atomic E-state index is -0.867. The van der Waals surface area contributed by atoms with Crippen LogP contribution in [0.15, 0.2) is 42.6 Å². The molecule has 1 atom stereocenters. The van der Waals surface area contributed by atoms with Crippen LogP contribution in [-0.2, 0) is 16.9 Å². The summed E-state index contributed by atoms with van der Waals surface area (Å²) in [5, 5.41) is 7.55. The van der Waals surface area contributed by atoms with Gasteiger partial charge in [-0.05, 0) is 31.5 Å². The number of primary amides is 1. The molecular formula is C16H22N4O. The number of hydrogen-bond donors (Lipinski definition) is 2. The van der Waals surface area contributed by atoms with E-state index < -0.39 is 5.54 Å². The number of benzene rings is 1. The van der Waals surface area contributed by atoms with E-state index in [-0.39, 0.29) is 5.91 Å². The largest absolute Gasteiger partial charge is 0.368 e. The highest BCUT2D eigenvalue weighted by Gasteiger charge is 2.37. The summed E-state index contributed by atoms with van der Waals surface area (Å²) < 4.78 is 1.89. The number of aryl methyl sites for hydroxylation is 2. The molecule has 1 unspecified atom stereocenters. The zero-order chi connectivity index (χ0) is 15.3. The van der Waals surface area contributed by atoms with Gasteiger partial charge in [-0.3, -0.25) is 14.8 Å². The van der Waals surface area contributed by atoms with E-state index in [9.17, 15) is 4.79 Å². The average molecular weight is 286 g/mol. The Bertz CT molecular complexity index is 593. The molecule has 0 saturated heterocycles. The van der Waals surface area contributed by atoms with E-state index in [0.29, 0.717) is 19.5 Å². The molecule has 0 aliphatic rings. The van der Waals surface area contributed by atoms with E-state index in [0.717, 1.165) is 11.3 Å². The van der Waals surface area contributed by atoms with Gasteiger partial charge in [0.25, 0.3) is 0 Å². The van der Waals surface area contributed by atoms with E-state index in [1.54, 1.807) is 6.20 Å². The molecule has 1 aromatic heterocycles. The molecule has 5 nitrogen and oxygen atoms in total. The highest BCUT2D eigenvalue weighted by Crippen LogP contribution is 2.26. The maximum absolute atomic E-state index is 12.2. The zero-order valence-corrected chi connectivity index (χ0v) is 12.5. The van der Waals surface area contributed by atoms with E-state index in [1.165, 1.54) is 0 Å². The molecule has 0 bridgehead atoms. The molecule has 0 aliphatic heterocycles. The van der Waals surface area contributed by atoms with Gasteiger partial charge in [0.05, 0.1) is 0 Å². The number of likely N-dealkylation sites (N-methyl/N-ethyl adjacent to an activating group) is 1. The van der Waals surface area contributed by atoms with Crippen molar-refractivity contribution in [2.45, 2.75) is 32.4 Å². The molecule has 2 aromatic rings. The number of nitrogens with zero attached hydrogens (tertiary/aromatic N) is 2. The topological polar surface area (TPSA) is 72.9 Å². The molecule has 1 amide bonds. The lowest BCUT2D eigenvalue weighted by Crippen LogP contribution is -2.53. The fraction of sp³-hybridized carbons (Fsp3) is 0.375. The molecule has 0 radical (unpaired) electrons. The van der Waals surface area contributed by atoms with E-state index >= 15 is 0 Å². The molecule has 0 fully saturated rings. The minimum absolute atomic E-state index is 0.361. The molecular weight excluding hydrogens is 264 g/mol. The Labute approximate surface area is 125 Å². The van der Waals surface area contributed by atoms with Crippen LogP contribution in [0.25, 0.3) is 0 Å². The van der Waals surface area contributed by atoms with Gasteiger partial charge in [0.15, 0.2) is 0 Å². The molecule has 5 heteroatoms. The van der Waals surface area contributed by atoms with Gasteiger partial charge in [-0.1, -0.05) is 37.3 Å². The van der Waals surface area contributed by atoms with Crippen LogP contribution < -0.4 is 11.1 Å². The lowest BCUT2D eigenvalue weighted by molar-refractivity contribution is -0.125. The van der Waals surface area contributed by atoms with Crippen LogP contribution in [0.5, 0.6) is 0 Å². The van der Waals surface area contributed by atoms with Crippen molar-refractivity contribution in [2.75, 3.05) is 6.54 Å². The number of rotatable bonds is 7. The van der Waals surface area contributed by atoms with Gasteiger partial charge in [-0.15, -0.1) is 0 Å². The summed E-state index contributed by atoms with van der Waals surface area (Å²) in [6.45, 7) is 5.26. The van der Waals surface area contributed by atoms with Crippen molar-refractivity contribution in [1.82, 2.24) is 15.1 Å². The van der Waals surface area contributed by atoms with Crippen molar-refractivity contribution in [3.05, 3.63) is 53.9 Å². The zero-order valence-electron chi connectivity index (χ0n) is 12.5. The Morgan fingerprint density at radius 1 is 1.33 bits per heavy atom. The summed E-state index contributed by atoms with van der Waals surface area (Å²) in [4.78, 5) is 12.2. The summed E-state index contributed by atoms with van der Waals surface area (Å²) in [5.41, 5.74) is 6.83. The van der Waals surface area contributed by atoms with Crippen LogP contribution in [-0.4, -0.2) is 22.2 Å². The fourth-order valence-corrected chi connectivity index (χ4v) is 2.62. The Kier molecular flexibility index (Phi) is 4.75. The van der Waals surface area contributed by atoms with Gasteiger partial charge in [0.1, 0.15) is 5.54 Å². The van der Waals surface area contributed by atoms with Crippen LogP contribution in [0.4, 0.5) is 0 Å². The van der Waals surface area contributed by atoms with E-state index in [1.807, 2.05) is 54.9 Å². The number of carbonyl (C=O) groups excluding carboxylic acids is 1. The predicted molar refractivity (Wildman–Crippen MR) is 82.6 cm³/mol. The van der Waals surface area contributed by atoms with Crippen LogP contribution in [0.3, 0.4) is 0 Å². The molecule has 2 rings (SSSR count). The van der Waals surface area contributed by atoms with Gasteiger partial charge in [0.2, 0.25) is 5.91 Å². The van der Waals surface area contributed by atoms with Gasteiger partial charge >= 0.3 is 0 Å². The van der Waals surface area contributed by atoms with Crippen LogP contribution in [0.2, 0.25) is 0 Å². The molecule has 0 saturated carbocycles. The number of nitrogens with one attached hydrogen (secondary N) is 1. The van der Waals surface area contributed by atoms with Crippen molar-refractivity contribution >= 4 is 5.91 Å². The first kappa shape index (κ1) is 15.3. The number of nitrogens with two attached hydrogens (primary N) is 1. The Balaban J connectivity index is 2.31. The van der Waals surface area contributed by atoms with Crippen LogP contribution >= 0.6 is 0 Å². The summed E-state index contributed by atoms with van der Waals surface area (Å²) in [7, 11) is 0. The molecule has 0 spiro atoms. The smallest absolute Gasteiger partial charge is 0.242 e. The van der Waals surface area contributed by atoms with E-state index in [2.05, 4.69) is 10.4 Å². The first-order valence-electron chi connectivity index (χ1n) is 7.19. The van der Waals surface area contributed by atoms with Crippen molar-refractivity contribution in [1.29, 1.82) is 0 Å². The lowest BCUT2D eigenvalue weighted by atomic mass is 9.85. The monoisotopic (exact) mass is 286 g/mol. The minimum Gasteiger partial charge on any atom is -0.368 e. The highest BCUT2D eigenvalue weighted by molar-refractivity contribution is 5.86. The summed E-state index contributed by atoms with van der Waals surface area (Å²) in [6, 6.07) is 11.6. The molecule has 1 heterocycles. The molecule has 0 aliphatic carbocycles. The molecule has 21 heavy (non-hydrogen) atoms. The third-order valence-electron chi connectivity index (χ3n) is 3.79. The maximum atomic E-state index is 12.2. The standard InChI is InChI=1S/C16H22N4O/c1-3-18-16(15(17)21,14-7-5-4-6-8-14)10-12-20-13(2)9-11-19-20/h4-9,11,18H,3,10,12H2,1-2H3,(H2,17,21). The summed E-state index contributed by atoms with van der Waals surface area (Å²) >= 11 is 0. The first-order valence-corrected chi connectivity index (χ1v) is 7.19. The van der Waals surface area contributed by atoms with E-state index in [4.69, 9.17) is 5.73 Å². The maximum Gasteiger partial charge on any atom is 0.242 e. The molecule has 112 valence electrons. The van der Waals surface area contributed by atoms with Gasteiger partial charge in [-0.25, -0.2) is 0 Å². The van der Waals surface area contributed by atoms with Crippen LogP contribution in [0, 0.1) is 6.92 Å². The quantitative estimate of drug-likeness (QED) is 0.811. The second kappa shape index (κ2) is 6.54. The van der Waals surface area contributed by atoms with Crippen molar-refractivity contribution in [3.63, 3.8) is 0 Å². The number of aromatic nitrogens is 2. The van der Waals surface area contributed by atoms with Crippen LogP contribution in [0.1, 0.15) is 24.6 Å². The van der Waals surface area contributed by atoms with Crippen molar-refractivity contribution in [3.8, 4) is 0 Å². The van der Waals surface area contributed by atoms with Gasteiger partial charge in [-0.2, -0.15) is 5.10 Å². The Morgan fingerprint density at radius 3 is 2.57 bits per heavy atom.